The molecule has 1 saturated heterocycles. The molecule has 3 rings (SSSR count). The Kier molecular flexibility index (Phi) is 4.93. The molecule has 1 fully saturated rings. The lowest BCUT2D eigenvalue weighted by Gasteiger charge is -2.38. The third kappa shape index (κ3) is 3.48. The molecule has 0 aromatic heterocycles. The Morgan fingerprint density at radius 2 is 1.67 bits per heavy atom. The van der Waals surface area contributed by atoms with Gasteiger partial charge in [-0.05, 0) is 30.7 Å². The maximum Gasteiger partial charge on any atom is 0.237 e. The van der Waals surface area contributed by atoms with E-state index in [0.29, 0.717) is 38.6 Å². The van der Waals surface area contributed by atoms with Crippen molar-refractivity contribution >= 4 is 21.7 Å². The van der Waals surface area contributed by atoms with Crippen molar-refractivity contribution in [2.75, 3.05) is 49.9 Å². The zero-order valence-corrected chi connectivity index (χ0v) is 14.7. The number of aliphatic imine (C=N–C) groups is 1. The Balaban J connectivity index is 1.65. The van der Waals surface area contributed by atoms with Crippen molar-refractivity contribution in [3.63, 3.8) is 0 Å². The Bertz CT molecular complexity index is 697. The lowest BCUT2D eigenvalue weighted by Crippen LogP contribution is -2.53. The minimum atomic E-state index is -3.27. The number of piperazine rings is 1. The van der Waals surface area contributed by atoms with Crippen LogP contribution in [0.5, 0.6) is 0 Å². The van der Waals surface area contributed by atoms with E-state index in [-0.39, 0.29) is 11.6 Å². The van der Waals surface area contributed by atoms with E-state index < -0.39 is 10.0 Å². The molecule has 0 aliphatic carbocycles. The number of benzene rings is 1. The topological polar surface area (TPSA) is 56.2 Å². The smallest absolute Gasteiger partial charge is 0.237 e. The van der Waals surface area contributed by atoms with Gasteiger partial charge in [-0.2, -0.15) is 0 Å². The van der Waals surface area contributed by atoms with Gasteiger partial charge in [-0.3, -0.25) is 4.99 Å². The molecule has 0 saturated carbocycles. The summed E-state index contributed by atoms with van der Waals surface area (Å²) < 4.78 is 39.2. The standard InChI is InChI=1S/C16H23FN4O2S/c1-2-13-24(22,23)21-8-7-18-16(21)20-11-9-19(10-12-20)15-5-3-14(17)4-6-15/h3-6H,2,7-13H2,1H3. The first-order chi connectivity index (χ1) is 11.5. The predicted molar refractivity (Wildman–Crippen MR) is 93.3 cm³/mol. The highest BCUT2D eigenvalue weighted by atomic mass is 32.2. The molecule has 132 valence electrons. The van der Waals surface area contributed by atoms with Crippen LogP contribution in [-0.4, -0.2) is 68.6 Å². The molecule has 0 N–H and O–H groups in total. The number of hydrogen-bond acceptors (Lipinski definition) is 5. The van der Waals surface area contributed by atoms with Crippen molar-refractivity contribution < 1.29 is 12.8 Å². The molecule has 0 radical (unpaired) electrons. The average Bonchev–Trinajstić information content (AvgIpc) is 3.06. The normalized spacial score (nSPS) is 18.9. The molecule has 6 nitrogen and oxygen atoms in total. The van der Waals surface area contributed by atoms with Gasteiger partial charge in [0.25, 0.3) is 0 Å². The van der Waals surface area contributed by atoms with Crippen molar-refractivity contribution in [1.29, 1.82) is 0 Å². The number of nitrogens with zero attached hydrogens (tertiary/aromatic N) is 4. The fourth-order valence-electron chi connectivity index (χ4n) is 3.13. The third-order valence-corrected chi connectivity index (χ3v) is 6.27. The number of sulfonamides is 1. The molecule has 0 bridgehead atoms. The van der Waals surface area contributed by atoms with E-state index in [1.165, 1.54) is 16.4 Å². The molecule has 2 heterocycles. The second-order valence-corrected chi connectivity index (χ2v) is 8.03. The van der Waals surface area contributed by atoms with Crippen molar-refractivity contribution in [2.24, 2.45) is 4.99 Å². The number of halogens is 1. The Labute approximate surface area is 142 Å². The van der Waals surface area contributed by atoms with Gasteiger partial charge in [-0.1, -0.05) is 6.92 Å². The van der Waals surface area contributed by atoms with Crippen LogP contribution in [0.2, 0.25) is 0 Å². The van der Waals surface area contributed by atoms with Crippen LogP contribution >= 0.6 is 0 Å². The van der Waals surface area contributed by atoms with Crippen LogP contribution < -0.4 is 4.90 Å². The molecule has 0 amide bonds. The maximum absolute atomic E-state index is 13.0. The van der Waals surface area contributed by atoms with E-state index in [1.54, 1.807) is 12.1 Å². The second kappa shape index (κ2) is 6.96. The van der Waals surface area contributed by atoms with Crippen LogP contribution in [0.1, 0.15) is 13.3 Å². The van der Waals surface area contributed by atoms with E-state index >= 15 is 0 Å². The molecule has 0 atom stereocenters. The molecule has 2 aliphatic heterocycles. The second-order valence-electron chi connectivity index (χ2n) is 6.02. The summed E-state index contributed by atoms with van der Waals surface area (Å²) in [6.07, 6.45) is 0.602. The summed E-state index contributed by atoms with van der Waals surface area (Å²) in [6.45, 7) is 5.75. The van der Waals surface area contributed by atoms with E-state index in [9.17, 15) is 12.8 Å². The zero-order chi connectivity index (χ0) is 17.2. The average molecular weight is 354 g/mol. The molecular weight excluding hydrogens is 331 g/mol. The highest BCUT2D eigenvalue weighted by molar-refractivity contribution is 7.89. The lowest BCUT2D eigenvalue weighted by molar-refractivity contribution is 0.358. The van der Waals surface area contributed by atoms with Crippen molar-refractivity contribution in [3.05, 3.63) is 30.1 Å². The first-order valence-corrected chi connectivity index (χ1v) is 9.92. The van der Waals surface area contributed by atoms with Gasteiger partial charge in [0, 0.05) is 31.9 Å². The highest BCUT2D eigenvalue weighted by Crippen LogP contribution is 2.19. The van der Waals surface area contributed by atoms with E-state index in [2.05, 4.69) is 9.89 Å². The van der Waals surface area contributed by atoms with Gasteiger partial charge < -0.3 is 9.80 Å². The third-order valence-electron chi connectivity index (χ3n) is 4.33. The summed E-state index contributed by atoms with van der Waals surface area (Å²) in [6, 6.07) is 6.47. The number of rotatable bonds is 4. The molecule has 0 spiro atoms. The maximum atomic E-state index is 13.0. The van der Waals surface area contributed by atoms with Crippen LogP contribution in [-0.2, 0) is 10.0 Å². The van der Waals surface area contributed by atoms with Gasteiger partial charge in [-0.15, -0.1) is 0 Å². The summed E-state index contributed by atoms with van der Waals surface area (Å²) in [7, 11) is -3.27. The number of guanidine groups is 1. The van der Waals surface area contributed by atoms with Gasteiger partial charge in [-0.25, -0.2) is 17.1 Å². The molecule has 1 aromatic rings. The summed E-state index contributed by atoms with van der Waals surface area (Å²) in [4.78, 5) is 8.64. The predicted octanol–water partition coefficient (Wildman–Crippen LogP) is 1.36. The fourth-order valence-corrected chi connectivity index (χ4v) is 4.64. The van der Waals surface area contributed by atoms with Gasteiger partial charge in [0.2, 0.25) is 16.0 Å². The van der Waals surface area contributed by atoms with Crippen LogP contribution in [0.4, 0.5) is 10.1 Å². The van der Waals surface area contributed by atoms with Crippen LogP contribution in [0.15, 0.2) is 29.3 Å². The molecule has 1 aromatic carbocycles. The number of hydrogen-bond donors (Lipinski definition) is 0. The SMILES string of the molecule is CCCS(=O)(=O)N1CCN=C1N1CCN(c2ccc(F)cc2)CC1. The van der Waals surface area contributed by atoms with Gasteiger partial charge >= 0.3 is 0 Å². The van der Waals surface area contributed by atoms with E-state index in [4.69, 9.17) is 0 Å². The molecule has 0 unspecified atom stereocenters. The van der Waals surface area contributed by atoms with Crippen molar-refractivity contribution in [3.8, 4) is 0 Å². The lowest BCUT2D eigenvalue weighted by atomic mass is 10.2. The largest absolute Gasteiger partial charge is 0.368 e. The summed E-state index contributed by atoms with van der Waals surface area (Å²) in [5, 5.41) is 0. The Hall–Kier alpha value is -1.83. The minimum Gasteiger partial charge on any atom is -0.368 e. The summed E-state index contributed by atoms with van der Waals surface area (Å²) in [5.74, 6) is 0.498. The van der Waals surface area contributed by atoms with Gasteiger partial charge in [0.1, 0.15) is 5.82 Å². The van der Waals surface area contributed by atoms with Gasteiger partial charge in [0.05, 0.1) is 18.8 Å². The minimum absolute atomic E-state index is 0.154. The van der Waals surface area contributed by atoms with Crippen LogP contribution in [0, 0.1) is 5.82 Å². The first kappa shape index (κ1) is 17.0. The highest BCUT2D eigenvalue weighted by Gasteiger charge is 2.33. The fraction of sp³-hybridized carbons (Fsp3) is 0.562. The Morgan fingerprint density at radius 3 is 2.29 bits per heavy atom. The van der Waals surface area contributed by atoms with Crippen molar-refractivity contribution in [1.82, 2.24) is 9.21 Å². The molecule has 2 aliphatic rings. The van der Waals surface area contributed by atoms with Crippen LogP contribution in [0.25, 0.3) is 0 Å². The van der Waals surface area contributed by atoms with Crippen molar-refractivity contribution in [2.45, 2.75) is 13.3 Å². The molecular formula is C16H23FN4O2S. The van der Waals surface area contributed by atoms with Gasteiger partial charge in [0.15, 0.2) is 0 Å². The molecule has 8 heteroatoms. The summed E-state index contributed by atoms with van der Waals surface area (Å²) in [5.41, 5.74) is 0.986. The zero-order valence-electron chi connectivity index (χ0n) is 13.9. The first-order valence-electron chi connectivity index (χ1n) is 8.31. The van der Waals surface area contributed by atoms with E-state index in [0.717, 1.165) is 18.8 Å². The number of anilines is 1. The van der Waals surface area contributed by atoms with E-state index in [1.807, 2.05) is 11.8 Å². The monoisotopic (exact) mass is 354 g/mol. The van der Waals surface area contributed by atoms with Crippen LogP contribution in [0.3, 0.4) is 0 Å². The quantitative estimate of drug-likeness (QED) is 0.819. The molecule has 24 heavy (non-hydrogen) atoms. The summed E-state index contributed by atoms with van der Waals surface area (Å²) >= 11 is 0. The Morgan fingerprint density at radius 1 is 1.04 bits per heavy atom.